The Morgan fingerprint density at radius 3 is 3.10 bits per heavy atom. The molecule has 1 N–H and O–H groups in total. The fourth-order valence-electron chi connectivity index (χ4n) is 5.58. The maximum absolute atomic E-state index is 12.4. The van der Waals surface area contributed by atoms with Gasteiger partial charge in [-0.25, -0.2) is 0 Å². The van der Waals surface area contributed by atoms with Crippen LogP contribution in [0.15, 0.2) is 30.9 Å². The first-order chi connectivity index (χ1) is 14.6. The van der Waals surface area contributed by atoms with Crippen LogP contribution in [0.2, 0.25) is 0 Å². The minimum Gasteiger partial charge on any atom is -0.370 e. The van der Waals surface area contributed by atoms with Crippen molar-refractivity contribution in [2.45, 2.75) is 50.9 Å². The quantitative estimate of drug-likeness (QED) is 0.704. The van der Waals surface area contributed by atoms with Gasteiger partial charge in [-0.1, -0.05) is 0 Å². The van der Waals surface area contributed by atoms with Crippen LogP contribution in [0.25, 0.3) is 0 Å². The lowest BCUT2D eigenvalue weighted by Gasteiger charge is -2.29. The first kappa shape index (κ1) is 19.6. The van der Waals surface area contributed by atoms with Gasteiger partial charge in [-0.3, -0.25) is 24.3 Å². The molecule has 3 saturated heterocycles. The van der Waals surface area contributed by atoms with E-state index in [0.29, 0.717) is 37.3 Å². The number of likely N-dealkylation sites (tertiary alicyclic amines) is 1. The summed E-state index contributed by atoms with van der Waals surface area (Å²) in [5.41, 5.74) is 1.91. The highest BCUT2D eigenvalue weighted by molar-refractivity contribution is 5.76. The summed E-state index contributed by atoms with van der Waals surface area (Å²) < 4.78 is 8.53. The van der Waals surface area contributed by atoms with Crippen LogP contribution in [0.1, 0.15) is 30.7 Å². The topological polar surface area (TPSA) is 85.2 Å². The molecule has 1 amide bonds. The Balaban J connectivity index is 1.13. The summed E-state index contributed by atoms with van der Waals surface area (Å²) in [6, 6.07) is 2.05. The molecule has 0 saturated carbocycles. The van der Waals surface area contributed by atoms with E-state index < -0.39 is 0 Å². The lowest BCUT2D eigenvalue weighted by Crippen LogP contribution is -2.41. The molecule has 5 heterocycles. The number of aromatic nitrogens is 4. The highest BCUT2D eigenvalue weighted by Gasteiger charge is 2.62. The number of amides is 1. The van der Waals surface area contributed by atoms with Gasteiger partial charge in [0.05, 0.1) is 29.6 Å². The van der Waals surface area contributed by atoms with Crippen LogP contribution in [-0.2, 0) is 22.5 Å². The van der Waals surface area contributed by atoms with Crippen LogP contribution in [0.5, 0.6) is 0 Å². The number of fused-ring (bicyclic) bond motifs is 1. The van der Waals surface area contributed by atoms with Crippen LogP contribution in [0.3, 0.4) is 0 Å². The van der Waals surface area contributed by atoms with E-state index in [1.54, 1.807) is 18.6 Å². The summed E-state index contributed by atoms with van der Waals surface area (Å²) in [5.74, 6) is 1.01. The molecule has 3 aliphatic rings. The van der Waals surface area contributed by atoms with Gasteiger partial charge in [0.25, 0.3) is 0 Å². The van der Waals surface area contributed by atoms with Gasteiger partial charge in [-0.2, -0.15) is 5.10 Å². The first-order valence-electron chi connectivity index (χ1n) is 11.0. The van der Waals surface area contributed by atoms with E-state index in [4.69, 9.17) is 4.74 Å². The molecule has 1 spiro atoms. The number of hydrogen-bond acceptors (Lipinski definition) is 6. The van der Waals surface area contributed by atoms with Crippen LogP contribution >= 0.6 is 0 Å². The molecule has 0 aromatic carbocycles. The summed E-state index contributed by atoms with van der Waals surface area (Å²) >= 11 is 0. The van der Waals surface area contributed by atoms with Crippen molar-refractivity contribution in [1.82, 2.24) is 30.0 Å². The van der Waals surface area contributed by atoms with Gasteiger partial charge in [0.15, 0.2) is 0 Å². The summed E-state index contributed by atoms with van der Waals surface area (Å²) in [7, 11) is 0. The van der Waals surface area contributed by atoms with Crippen molar-refractivity contribution in [3.05, 3.63) is 42.2 Å². The second-order valence-electron chi connectivity index (χ2n) is 8.99. The molecule has 30 heavy (non-hydrogen) atoms. The highest BCUT2D eigenvalue weighted by atomic mass is 16.5. The Morgan fingerprint density at radius 2 is 2.30 bits per heavy atom. The maximum atomic E-state index is 12.4. The van der Waals surface area contributed by atoms with Crippen molar-refractivity contribution < 1.29 is 9.53 Å². The van der Waals surface area contributed by atoms with Gasteiger partial charge < -0.3 is 10.1 Å². The molecule has 2 aromatic rings. The van der Waals surface area contributed by atoms with Gasteiger partial charge in [-0.15, -0.1) is 0 Å². The minimum atomic E-state index is -0.000276. The molecule has 3 fully saturated rings. The highest BCUT2D eigenvalue weighted by Crippen LogP contribution is 2.54. The average Bonchev–Trinajstić information content (AvgIpc) is 3.50. The number of aryl methyl sites for hydroxylation is 2. The molecule has 5 rings (SSSR count). The van der Waals surface area contributed by atoms with Crippen molar-refractivity contribution in [2.75, 3.05) is 26.2 Å². The smallest absolute Gasteiger partial charge is 0.220 e. The molecule has 0 unspecified atom stereocenters. The van der Waals surface area contributed by atoms with E-state index >= 15 is 0 Å². The Hall–Kier alpha value is -2.32. The third kappa shape index (κ3) is 3.86. The SMILES string of the molecule is Cc1ccn(CCN2C[C@@H]3[C@H](CNC(=O)CCc4cnccn4)[C@H]4CC[C@]3(C2)O4)n1. The number of hydrogen-bond donors (Lipinski definition) is 1. The van der Waals surface area contributed by atoms with Crippen molar-refractivity contribution in [1.29, 1.82) is 0 Å². The number of ether oxygens (including phenoxy) is 1. The van der Waals surface area contributed by atoms with Crippen LogP contribution < -0.4 is 5.32 Å². The molecule has 0 radical (unpaired) electrons. The summed E-state index contributed by atoms with van der Waals surface area (Å²) in [6.45, 7) is 6.69. The molecule has 8 nitrogen and oxygen atoms in total. The Labute approximate surface area is 177 Å². The van der Waals surface area contributed by atoms with Gasteiger partial charge in [-0.05, 0) is 32.3 Å². The minimum absolute atomic E-state index is 0.000276. The zero-order valence-corrected chi connectivity index (χ0v) is 17.5. The molecule has 0 aliphatic carbocycles. The van der Waals surface area contributed by atoms with E-state index in [9.17, 15) is 4.79 Å². The fraction of sp³-hybridized carbons (Fsp3) is 0.636. The molecule has 2 bridgehead atoms. The summed E-state index contributed by atoms with van der Waals surface area (Å²) in [6.07, 6.45) is 10.7. The van der Waals surface area contributed by atoms with E-state index in [1.165, 1.54) is 0 Å². The van der Waals surface area contributed by atoms with Crippen LogP contribution in [0, 0.1) is 18.8 Å². The van der Waals surface area contributed by atoms with Crippen LogP contribution in [0.4, 0.5) is 0 Å². The van der Waals surface area contributed by atoms with E-state index in [2.05, 4.69) is 25.3 Å². The number of rotatable bonds is 8. The van der Waals surface area contributed by atoms with Gasteiger partial charge in [0.1, 0.15) is 0 Å². The van der Waals surface area contributed by atoms with Gasteiger partial charge >= 0.3 is 0 Å². The predicted octanol–water partition coefficient (Wildman–Crippen LogP) is 1.21. The van der Waals surface area contributed by atoms with Crippen LogP contribution in [-0.4, -0.2) is 68.4 Å². The zero-order valence-electron chi connectivity index (χ0n) is 17.5. The molecule has 2 aromatic heterocycles. The third-order valence-electron chi connectivity index (χ3n) is 7.03. The van der Waals surface area contributed by atoms with Crippen molar-refractivity contribution >= 4 is 5.91 Å². The predicted molar refractivity (Wildman–Crippen MR) is 111 cm³/mol. The van der Waals surface area contributed by atoms with Crippen molar-refractivity contribution in [3.8, 4) is 0 Å². The third-order valence-corrected chi connectivity index (χ3v) is 7.03. The monoisotopic (exact) mass is 410 g/mol. The normalized spacial score (nSPS) is 30.0. The molecular weight excluding hydrogens is 380 g/mol. The molecule has 3 aliphatic heterocycles. The molecule has 8 heteroatoms. The fourth-order valence-corrected chi connectivity index (χ4v) is 5.58. The Bertz CT molecular complexity index is 887. The second kappa shape index (κ2) is 8.07. The lowest BCUT2D eigenvalue weighted by molar-refractivity contribution is -0.121. The molecule has 4 atom stereocenters. The first-order valence-corrected chi connectivity index (χ1v) is 11.0. The zero-order chi connectivity index (χ0) is 20.6. The summed E-state index contributed by atoms with van der Waals surface area (Å²) in [4.78, 5) is 23.2. The van der Waals surface area contributed by atoms with Gasteiger partial charge in [0, 0.05) is 69.2 Å². The largest absolute Gasteiger partial charge is 0.370 e. The number of nitrogens with zero attached hydrogens (tertiary/aromatic N) is 5. The van der Waals surface area contributed by atoms with E-state index in [-0.39, 0.29) is 11.5 Å². The van der Waals surface area contributed by atoms with Gasteiger partial charge in [0.2, 0.25) is 5.91 Å². The standard InChI is InChI=1S/C22H30N6O2/c1-16-5-9-28(26-16)11-10-27-14-19-18(20-4-6-22(19,15-27)30-20)13-25-21(29)3-2-17-12-23-7-8-24-17/h5,7-9,12,18-20H,2-4,6,10-11,13-15H2,1H3,(H,25,29)/t18-,19+,20+,22+/m0/s1. The maximum Gasteiger partial charge on any atom is 0.220 e. The number of carbonyl (C=O) groups is 1. The van der Waals surface area contributed by atoms with E-state index in [1.807, 2.05) is 23.9 Å². The number of nitrogens with one attached hydrogen (secondary N) is 1. The Morgan fingerprint density at radius 1 is 1.37 bits per heavy atom. The average molecular weight is 411 g/mol. The van der Waals surface area contributed by atoms with Crippen molar-refractivity contribution in [3.63, 3.8) is 0 Å². The molecular formula is C22H30N6O2. The van der Waals surface area contributed by atoms with E-state index in [0.717, 1.165) is 50.4 Å². The second-order valence-corrected chi connectivity index (χ2v) is 8.99. The number of carbonyl (C=O) groups excluding carboxylic acids is 1. The summed E-state index contributed by atoms with van der Waals surface area (Å²) in [5, 5.41) is 7.66. The van der Waals surface area contributed by atoms with Crippen molar-refractivity contribution in [2.24, 2.45) is 11.8 Å². The Kier molecular flexibility index (Phi) is 5.28. The molecule has 160 valence electrons. The lowest BCUT2D eigenvalue weighted by atomic mass is 9.73.